The number of aromatic hydroxyl groups is 1. The lowest BCUT2D eigenvalue weighted by Gasteiger charge is -2.08. The molecule has 0 atom stereocenters. The minimum absolute atomic E-state index is 0.0607. The molecule has 0 aliphatic heterocycles. The summed E-state index contributed by atoms with van der Waals surface area (Å²) in [6, 6.07) is 14.5. The number of anilines is 1. The molecular formula is C17H15N3O4. The lowest BCUT2D eigenvalue weighted by atomic mass is 10.2. The summed E-state index contributed by atoms with van der Waals surface area (Å²) in [5.41, 5.74) is 1.99. The second-order valence-corrected chi connectivity index (χ2v) is 5.18. The van der Waals surface area contributed by atoms with E-state index in [1.54, 1.807) is 22.8 Å². The molecule has 7 nitrogen and oxygen atoms in total. The number of hydrogen-bond acceptors (Lipinski definition) is 5. The van der Waals surface area contributed by atoms with E-state index in [9.17, 15) is 14.8 Å². The molecule has 24 heavy (non-hydrogen) atoms. The summed E-state index contributed by atoms with van der Waals surface area (Å²) in [5.74, 6) is -0.209. The van der Waals surface area contributed by atoms with Gasteiger partial charge in [0.1, 0.15) is 0 Å². The van der Waals surface area contributed by atoms with Crippen LogP contribution in [0.25, 0.3) is 10.9 Å². The first-order chi connectivity index (χ1) is 11.6. The van der Waals surface area contributed by atoms with E-state index in [0.29, 0.717) is 23.1 Å². The Morgan fingerprint density at radius 2 is 2.00 bits per heavy atom. The van der Waals surface area contributed by atoms with Crippen molar-refractivity contribution in [2.75, 3.05) is 12.4 Å². The van der Waals surface area contributed by atoms with Crippen LogP contribution in [0.4, 0.5) is 16.2 Å². The van der Waals surface area contributed by atoms with Crippen molar-refractivity contribution in [3.63, 3.8) is 0 Å². The number of ether oxygens (including phenoxy) is 1. The van der Waals surface area contributed by atoms with Crippen molar-refractivity contribution < 1.29 is 14.6 Å². The maximum atomic E-state index is 11.3. The summed E-state index contributed by atoms with van der Waals surface area (Å²) in [6.07, 6.45) is -0.622. The number of nitrogens with one attached hydrogen (secondary N) is 1. The summed E-state index contributed by atoms with van der Waals surface area (Å²) in [6.45, 7) is 0.391. The van der Waals surface area contributed by atoms with Crippen molar-refractivity contribution in [1.29, 1.82) is 0 Å². The number of fused-ring (bicyclic) bond motifs is 1. The monoisotopic (exact) mass is 325 g/mol. The van der Waals surface area contributed by atoms with Crippen molar-refractivity contribution in [1.82, 2.24) is 4.57 Å². The van der Waals surface area contributed by atoms with Gasteiger partial charge in [0.2, 0.25) is 5.88 Å². The Hall–Kier alpha value is -3.35. The fourth-order valence-corrected chi connectivity index (χ4v) is 2.59. The zero-order valence-electron chi connectivity index (χ0n) is 12.9. The molecule has 1 amide bonds. The van der Waals surface area contributed by atoms with E-state index < -0.39 is 6.09 Å². The zero-order valence-corrected chi connectivity index (χ0v) is 12.9. The first kappa shape index (κ1) is 15.5. The Morgan fingerprint density at radius 1 is 1.25 bits per heavy atom. The number of hydrogen-bond donors (Lipinski definition) is 2. The quantitative estimate of drug-likeness (QED) is 0.710. The first-order valence-electron chi connectivity index (χ1n) is 7.21. The van der Waals surface area contributed by atoms with Gasteiger partial charge in [-0.1, -0.05) is 30.3 Å². The average molecular weight is 325 g/mol. The average Bonchev–Trinajstić information content (AvgIpc) is 2.86. The molecule has 0 spiro atoms. The molecule has 122 valence electrons. The normalized spacial score (nSPS) is 10.5. The topological polar surface area (TPSA) is 92.9 Å². The van der Waals surface area contributed by atoms with E-state index in [1.807, 2.05) is 30.3 Å². The van der Waals surface area contributed by atoms with Gasteiger partial charge < -0.3 is 14.4 Å². The predicted molar refractivity (Wildman–Crippen MR) is 90.6 cm³/mol. The lowest BCUT2D eigenvalue weighted by molar-refractivity contribution is 0.187. The molecule has 0 saturated heterocycles. The van der Waals surface area contributed by atoms with Gasteiger partial charge in [-0.2, -0.15) is 0 Å². The third kappa shape index (κ3) is 2.79. The van der Waals surface area contributed by atoms with Crippen molar-refractivity contribution in [3.8, 4) is 5.88 Å². The lowest BCUT2D eigenvalue weighted by Crippen LogP contribution is -2.10. The number of aromatic nitrogens is 1. The summed E-state index contributed by atoms with van der Waals surface area (Å²) < 4.78 is 6.14. The van der Waals surface area contributed by atoms with Crippen molar-refractivity contribution in [2.45, 2.75) is 6.54 Å². The Bertz CT molecular complexity index is 903. The van der Waals surface area contributed by atoms with Crippen LogP contribution in [0.5, 0.6) is 5.88 Å². The molecule has 1 heterocycles. The highest BCUT2D eigenvalue weighted by molar-refractivity contribution is 5.98. The van der Waals surface area contributed by atoms with Crippen LogP contribution in [0.2, 0.25) is 0 Å². The summed E-state index contributed by atoms with van der Waals surface area (Å²) in [7, 11) is 1.26. The minimum Gasteiger partial charge on any atom is -0.493 e. The van der Waals surface area contributed by atoms with Gasteiger partial charge in [-0.25, -0.2) is 4.79 Å². The summed E-state index contributed by atoms with van der Waals surface area (Å²) in [4.78, 5) is 22.5. The highest BCUT2D eigenvalue weighted by Gasteiger charge is 2.18. The molecule has 3 aromatic rings. The highest BCUT2D eigenvalue weighted by atomic mass is 16.5. The molecule has 0 saturated carbocycles. The maximum Gasteiger partial charge on any atom is 0.411 e. The maximum absolute atomic E-state index is 11.3. The second-order valence-electron chi connectivity index (χ2n) is 5.18. The smallest absolute Gasteiger partial charge is 0.411 e. The standard InChI is InChI=1S/C17H15N3O4/c1-24-17(22)18-12-7-8-14-13(9-12)15(19-23)16(21)20(14)10-11-5-3-2-4-6-11/h2-9,21H,10H2,1H3,(H,18,22). The molecule has 0 fully saturated rings. The van der Waals surface area contributed by atoms with Gasteiger partial charge in [0.15, 0.2) is 5.69 Å². The van der Waals surface area contributed by atoms with Gasteiger partial charge in [0, 0.05) is 11.1 Å². The van der Waals surface area contributed by atoms with Crippen LogP contribution in [0.15, 0.2) is 53.7 Å². The number of methoxy groups -OCH3 is 1. The van der Waals surface area contributed by atoms with Gasteiger partial charge in [-0.3, -0.25) is 5.32 Å². The molecule has 0 radical (unpaired) electrons. The van der Waals surface area contributed by atoms with Crippen LogP contribution >= 0.6 is 0 Å². The van der Waals surface area contributed by atoms with Gasteiger partial charge in [-0.15, -0.1) is 4.91 Å². The third-order valence-corrected chi connectivity index (χ3v) is 3.72. The molecule has 7 heteroatoms. The second kappa shape index (κ2) is 6.41. The molecule has 0 aliphatic carbocycles. The Balaban J connectivity index is 2.08. The van der Waals surface area contributed by atoms with Crippen molar-refractivity contribution in [3.05, 3.63) is 59.0 Å². The first-order valence-corrected chi connectivity index (χ1v) is 7.21. The molecule has 0 aliphatic rings. The largest absolute Gasteiger partial charge is 0.493 e. The number of carbonyl (C=O) groups is 1. The van der Waals surface area contributed by atoms with E-state index in [-0.39, 0.29) is 11.6 Å². The predicted octanol–water partition coefficient (Wildman–Crippen LogP) is 3.97. The number of carbonyl (C=O) groups excluding carboxylic acids is 1. The highest BCUT2D eigenvalue weighted by Crippen LogP contribution is 2.40. The molecular weight excluding hydrogens is 310 g/mol. The van der Waals surface area contributed by atoms with Gasteiger partial charge in [0.25, 0.3) is 0 Å². The molecule has 0 unspecified atom stereocenters. The molecule has 2 aromatic carbocycles. The van der Waals surface area contributed by atoms with E-state index in [0.717, 1.165) is 5.56 Å². The van der Waals surface area contributed by atoms with E-state index in [4.69, 9.17) is 0 Å². The number of amides is 1. The van der Waals surface area contributed by atoms with E-state index in [1.165, 1.54) is 7.11 Å². The van der Waals surface area contributed by atoms with Crippen LogP contribution < -0.4 is 5.32 Å². The third-order valence-electron chi connectivity index (χ3n) is 3.72. The number of nitroso groups, excluding NO2 is 1. The zero-order chi connectivity index (χ0) is 17.1. The minimum atomic E-state index is -0.622. The SMILES string of the molecule is COC(=O)Nc1ccc2c(c1)c(N=O)c(O)n2Cc1ccccc1. The fraction of sp³-hybridized carbons (Fsp3) is 0.118. The van der Waals surface area contributed by atoms with E-state index >= 15 is 0 Å². The molecule has 0 bridgehead atoms. The number of benzene rings is 2. The Labute approximate surface area is 137 Å². The molecule has 3 rings (SSSR count). The fourth-order valence-electron chi connectivity index (χ4n) is 2.59. The van der Waals surface area contributed by atoms with Crippen LogP contribution in [-0.4, -0.2) is 22.9 Å². The van der Waals surface area contributed by atoms with E-state index in [2.05, 4.69) is 15.2 Å². The Morgan fingerprint density at radius 3 is 2.67 bits per heavy atom. The summed E-state index contributed by atoms with van der Waals surface area (Å²) in [5, 5.41) is 16.3. The van der Waals surface area contributed by atoms with Crippen LogP contribution in [0.3, 0.4) is 0 Å². The van der Waals surface area contributed by atoms with Crippen molar-refractivity contribution in [2.24, 2.45) is 5.18 Å². The molecule has 2 N–H and O–H groups in total. The number of nitrogens with zero attached hydrogens (tertiary/aromatic N) is 2. The van der Waals surface area contributed by atoms with Gasteiger partial charge >= 0.3 is 6.09 Å². The number of rotatable bonds is 4. The van der Waals surface area contributed by atoms with Crippen LogP contribution in [0, 0.1) is 4.91 Å². The van der Waals surface area contributed by atoms with Crippen molar-refractivity contribution >= 4 is 28.4 Å². The Kier molecular flexibility index (Phi) is 4.15. The molecule has 1 aromatic heterocycles. The van der Waals surface area contributed by atoms with Crippen LogP contribution in [-0.2, 0) is 11.3 Å². The van der Waals surface area contributed by atoms with Crippen LogP contribution in [0.1, 0.15) is 5.56 Å². The summed E-state index contributed by atoms with van der Waals surface area (Å²) >= 11 is 0. The van der Waals surface area contributed by atoms with Gasteiger partial charge in [-0.05, 0) is 28.9 Å². The van der Waals surface area contributed by atoms with Gasteiger partial charge in [0.05, 0.1) is 19.2 Å².